The van der Waals surface area contributed by atoms with Crippen LogP contribution in [0.15, 0.2) is 76.7 Å². The molecule has 0 aliphatic carbocycles. The number of benzene rings is 3. The lowest BCUT2D eigenvalue weighted by Gasteiger charge is -2.24. The fourth-order valence-electron chi connectivity index (χ4n) is 3.16. The van der Waals surface area contributed by atoms with Crippen molar-refractivity contribution < 1.29 is 27.5 Å². The van der Waals surface area contributed by atoms with E-state index in [1.165, 1.54) is 37.6 Å². The van der Waals surface area contributed by atoms with E-state index in [1.54, 1.807) is 42.5 Å². The number of anilines is 1. The van der Waals surface area contributed by atoms with Crippen LogP contribution < -0.4 is 14.5 Å². The highest BCUT2D eigenvalue weighted by molar-refractivity contribution is 7.92. The monoisotopic (exact) mass is 543 g/mol. The molecule has 1 amide bonds. The van der Waals surface area contributed by atoms with Crippen molar-refractivity contribution >= 4 is 45.4 Å². The van der Waals surface area contributed by atoms with Crippen molar-refractivity contribution in [2.75, 3.05) is 24.6 Å². The second-order valence-electron chi connectivity index (χ2n) is 7.96. The highest BCUT2D eigenvalue weighted by atomic mass is 35.5. The number of ether oxygens (including phenoxy) is 2. The van der Waals surface area contributed by atoms with E-state index >= 15 is 0 Å². The summed E-state index contributed by atoms with van der Waals surface area (Å²) in [5.74, 6) is -0.756. The Hall–Kier alpha value is -3.89. The van der Waals surface area contributed by atoms with Crippen LogP contribution in [0.2, 0.25) is 5.02 Å². The second kappa shape index (κ2) is 12.4. The Labute approximate surface area is 220 Å². The summed E-state index contributed by atoms with van der Waals surface area (Å²) in [5, 5.41) is 4.32. The van der Waals surface area contributed by atoms with Crippen molar-refractivity contribution in [2.24, 2.45) is 5.10 Å². The highest BCUT2D eigenvalue weighted by Crippen LogP contribution is 2.26. The van der Waals surface area contributed by atoms with Gasteiger partial charge in [-0.05, 0) is 79.1 Å². The van der Waals surface area contributed by atoms with Gasteiger partial charge in [0.1, 0.15) is 12.3 Å². The van der Waals surface area contributed by atoms with Crippen molar-refractivity contribution in [2.45, 2.75) is 18.7 Å². The lowest BCUT2D eigenvalue weighted by molar-refractivity contribution is -0.142. The summed E-state index contributed by atoms with van der Waals surface area (Å²) in [6, 6.07) is 17.5. The lowest BCUT2D eigenvalue weighted by atomic mass is 10.1. The summed E-state index contributed by atoms with van der Waals surface area (Å²) in [6.45, 7) is 3.02. The molecule has 0 aromatic heterocycles. The average Bonchev–Trinajstić information content (AvgIpc) is 2.88. The van der Waals surface area contributed by atoms with Crippen LogP contribution in [0.3, 0.4) is 0 Å². The van der Waals surface area contributed by atoms with Gasteiger partial charge in [-0.25, -0.2) is 18.6 Å². The number of sulfonamides is 1. The molecule has 37 heavy (non-hydrogen) atoms. The number of hydrogen-bond donors (Lipinski definition) is 1. The molecule has 0 spiro atoms. The Morgan fingerprint density at radius 2 is 1.76 bits per heavy atom. The molecule has 0 unspecified atom stereocenters. The zero-order valence-corrected chi connectivity index (χ0v) is 22.0. The Morgan fingerprint density at radius 1 is 1.03 bits per heavy atom. The molecule has 3 aromatic carbocycles. The highest BCUT2D eigenvalue weighted by Gasteiger charge is 2.27. The molecule has 0 aliphatic rings. The van der Waals surface area contributed by atoms with Gasteiger partial charge in [0.25, 0.3) is 15.9 Å². The third-order valence-corrected chi connectivity index (χ3v) is 7.35. The molecule has 9 nitrogen and oxygen atoms in total. The molecular formula is C26H26ClN3O6S. The largest absolute Gasteiger partial charge is 0.482 e. The molecular weight excluding hydrogens is 518 g/mol. The Bertz CT molecular complexity index is 1410. The molecule has 194 valence electrons. The van der Waals surface area contributed by atoms with Gasteiger partial charge in [-0.3, -0.25) is 9.10 Å². The maximum atomic E-state index is 13.5. The summed E-state index contributed by atoms with van der Waals surface area (Å²) < 4.78 is 37.8. The molecule has 1 N–H and O–H groups in total. The summed E-state index contributed by atoms with van der Waals surface area (Å²) >= 11 is 5.92. The van der Waals surface area contributed by atoms with E-state index in [4.69, 9.17) is 16.3 Å². The average molecular weight is 544 g/mol. The SMILES string of the molecule is COC(=O)COc1cccc(/C=N\NC(=O)CN(c2ccc(C)c(C)c2)S(=O)(=O)c2ccc(Cl)cc2)c1. The topological polar surface area (TPSA) is 114 Å². The number of rotatable bonds is 10. The van der Waals surface area contributed by atoms with Gasteiger partial charge < -0.3 is 9.47 Å². The van der Waals surface area contributed by atoms with Gasteiger partial charge in [0.05, 0.1) is 23.9 Å². The predicted octanol–water partition coefficient (Wildman–Crippen LogP) is 3.85. The molecule has 0 aliphatic heterocycles. The Kier molecular flexibility index (Phi) is 9.26. The third kappa shape index (κ3) is 7.55. The molecule has 0 radical (unpaired) electrons. The smallest absolute Gasteiger partial charge is 0.343 e. The number of methoxy groups -OCH3 is 1. The molecule has 0 saturated heterocycles. The van der Waals surface area contributed by atoms with Crippen molar-refractivity contribution in [1.82, 2.24) is 5.43 Å². The normalized spacial score (nSPS) is 11.2. The van der Waals surface area contributed by atoms with Crippen molar-refractivity contribution in [1.29, 1.82) is 0 Å². The first kappa shape index (κ1) is 27.7. The minimum absolute atomic E-state index is 0.00445. The van der Waals surface area contributed by atoms with Gasteiger partial charge in [0.2, 0.25) is 0 Å². The molecule has 0 atom stereocenters. The zero-order chi connectivity index (χ0) is 27.0. The number of hydrogen-bond acceptors (Lipinski definition) is 7. The predicted molar refractivity (Wildman–Crippen MR) is 142 cm³/mol. The first-order valence-electron chi connectivity index (χ1n) is 11.1. The van der Waals surface area contributed by atoms with Crippen LogP contribution in [-0.2, 0) is 24.3 Å². The van der Waals surface area contributed by atoms with Crippen molar-refractivity contribution in [3.8, 4) is 5.75 Å². The Morgan fingerprint density at radius 3 is 2.43 bits per heavy atom. The van der Waals surface area contributed by atoms with E-state index in [1.807, 2.05) is 13.8 Å². The molecule has 0 fully saturated rings. The Balaban J connectivity index is 1.77. The van der Waals surface area contributed by atoms with Crippen LogP contribution in [0.25, 0.3) is 0 Å². The molecule has 0 bridgehead atoms. The number of nitrogens with one attached hydrogen (secondary N) is 1. The van der Waals surface area contributed by atoms with Gasteiger partial charge in [-0.1, -0.05) is 29.8 Å². The minimum atomic E-state index is -4.09. The minimum Gasteiger partial charge on any atom is -0.482 e. The first-order valence-corrected chi connectivity index (χ1v) is 12.9. The number of carbonyl (C=O) groups is 2. The number of halogens is 1. The number of esters is 1. The molecule has 3 aromatic rings. The van der Waals surface area contributed by atoms with Crippen molar-refractivity contribution in [3.63, 3.8) is 0 Å². The van der Waals surface area contributed by atoms with Crippen LogP contribution in [0.4, 0.5) is 5.69 Å². The molecule has 3 rings (SSSR count). The number of nitrogens with zero attached hydrogens (tertiary/aromatic N) is 2. The summed E-state index contributed by atoms with van der Waals surface area (Å²) in [7, 11) is -2.82. The standard InChI is InChI=1S/C26H26ClN3O6S/c1-18-7-10-22(13-19(18)2)30(37(33,34)24-11-8-21(27)9-12-24)16-25(31)29-28-15-20-5-4-6-23(14-20)36-17-26(32)35-3/h4-15H,16-17H2,1-3H3,(H,29,31)/b28-15-. The number of hydrazone groups is 1. The first-order chi connectivity index (χ1) is 17.6. The summed E-state index contributed by atoms with van der Waals surface area (Å²) in [6.07, 6.45) is 1.37. The molecule has 0 heterocycles. The van der Waals surface area contributed by atoms with E-state index in [9.17, 15) is 18.0 Å². The van der Waals surface area contributed by atoms with E-state index in [-0.39, 0.29) is 11.5 Å². The van der Waals surface area contributed by atoms with E-state index in [2.05, 4.69) is 15.3 Å². The maximum absolute atomic E-state index is 13.5. The molecule has 11 heteroatoms. The van der Waals surface area contributed by atoms with Crippen LogP contribution in [0.5, 0.6) is 5.75 Å². The lowest BCUT2D eigenvalue weighted by Crippen LogP contribution is -2.39. The fraction of sp³-hybridized carbons (Fsp3) is 0.192. The summed E-state index contributed by atoms with van der Waals surface area (Å²) in [5.41, 5.74) is 5.15. The van der Waals surface area contributed by atoms with Gasteiger partial charge in [-0.15, -0.1) is 0 Å². The number of amides is 1. The van der Waals surface area contributed by atoms with Crippen LogP contribution in [-0.4, -0.2) is 46.8 Å². The summed E-state index contributed by atoms with van der Waals surface area (Å²) in [4.78, 5) is 24.0. The van der Waals surface area contributed by atoms with Crippen LogP contribution >= 0.6 is 11.6 Å². The van der Waals surface area contributed by atoms with Crippen LogP contribution in [0, 0.1) is 13.8 Å². The van der Waals surface area contributed by atoms with Gasteiger partial charge in [0.15, 0.2) is 6.61 Å². The van der Waals surface area contributed by atoms with Gasteiger partial charge in [-0.2, -0.15) is 5.10 Å². The second-order valence-corrected chi connectivity index (χ2v) is 10.3. The van der Waals surface area contributed by atoms with E-state index < -0.39 is 28.4 Å². The van der Waals surface area contributed by atoms with Crippen LogP contribution in [0.1, 0.15) is 16.7 Å². The number of carbonyl (C=O) groups excluding carboxylic acids is 2. The third-order valence-electron chi connectivity index (χ3n) is 5.31. The van der Waals surface area contributed by atoms with E-state index in [0.717, 1.165) is 15.4 Å². The zero-order valence-electron chi connectivity index (χ0n) is 20.5. The fourth-order valence-corrected chi connectivity index (χ4v) is 4.70. The molecule has 0 saturated carbocycles. The van der Waals surface area contributed by atoms with Gasteiger partial charge in [0, 0.05) is 5.02 Å². The maximum Gasteiger partial charge on any atom is 0.343 e. The van der Waals surface area contributed by atoms with E-state index in [0.29, 0.717) is 22.0 Å². The number of aryl methyl sites for hydroxylation is 2. The van der Waals surface area contributed by atoms with Crippen molar-refractivity contribution in [3.05, 3.63) is 88.4 Å². The quantitative estimate of drug-likeness (QED) is 0.236. The van der Waals surface area contributed by atoms with Gasteiger partial charge >= 0.3 is 5.97 Å².